The molecule has 0 atom stereocenters. The Morgan fingerprint density at radius 2 is 1.59 bits per heavy atom. The molecule has 0 aromatic heterocycles. The highest BCUT2D eigenvalue weighted by Crippen LogP contribution is 2.17. The highest BCUT2D eigenvalue weighted by Gasteiger charge is 2.21. The second-order valence-corrected chi connectivity index (χ2v) is 7.24. The average Bonchev–Trinajstić information content (AvgIpc) is 2.69. The van der Waals surface area contributed by atoms with Crippen LogP contribution < -0.4 is 10.2 Å². The second kappa shape index (κ2) is 9.41. The van der Waals surface area contributed by atoms with Crippen LogP contribution in [0.25, 0.3) is 0 Å². The summed E-state index contributed by atoms with van der Waals surface area (Å²) in [5.41, 5.74) is 1.72. The van der Waals surface area contributed by atoms with Crippen LogP contribution in [0, 0.1) is 5.82 Å². The van der Waals surface area contributed by atoms with Gasteiger partial charge in [0.15, 0.2) is 0 Å². The molecular weight excluding hydrogens is 365 g/mol. The summed E-state index contributed by atoms with van der Waals surface area (Å²) in [7, 11) is 0. The number of hydrogen-bond donors (Lipinski definition) is 1. The molecule has 3 rings (SSSR count). The Balaban J connectivity index is 1.37. The van der Waals surface area contributed by atoms with Crippen LogP contribution >= 0.6 is 11.8 Å². The smallest absolute Gasteiger partial charge is 0.234 e. The Morgan fingerprint density at radius 1 is 0.926 bits per heavy atom. The Kier molecular flexibility index (Phi) is 6.70. The molecule has 0 bridgehead atoms. The number of benzene rings is 2. The first-order valence-corrected chi connectivity index (χ1v) is 9.98. The van der Waals surface area contributed by atoms with Gasteiger partial charge in [0.2, 0.25) is 11.8 Å². The number of para-hydroxylation sites is 1. The van der Waals surface area contributed by atoms with Crippen molar-refractivity contribution in [3.63, 3.8) is 0 Å². The molecule has 142 valence electrons. The summed E-state index contributed by atoms with van der Waals surface area (Å²) in [5.74, 6) is 0.224. The molecule has 0 saturated carbocycles. The summed E-state index contributed by atoms with van der Waals surface area (Å²) in [4.78, 5) is 28.2. The normalized spacial score (nSPS) is 14.1. The van der Waals surface area contributed by atoms with E-state index in [4.69, 9.17) is 0 Å². The van der Waals surface area contributed by atoms with Crippen molar-refractivity contribution in [3.05, 3.63) is 60.4 Å². The number of carbonyl (C=O) groups excluding carboxylic acids is 2. The first kappa shape index (κ1) is 19.2. The zero-order valence-corrected chi connectivity index (χ0v) is 15.8. The summed E-state index contributed by atoms with van der Waals surface area (Å²) >= 11 is 1.32. The molecule has 0 spiro atoms. The van der Waals surface area contributed by atoms with Crippen molar-refractivity contribution >= 4 is 35.0 Å². The highest BCUT2D eigenvalue weighted by molar-refractivity contribution is 8.00. The van der Waals surface area contributed by atoms with Crippen LogP contribution in [0.5, 0.6) is 0 Å². The molecule has 0 aliphatic carbocycles. The molecule has 5 nitrogen and oxygen atoms in total. The third-order valence-corrected chi connectivity index (χ3v) is 5.26. The van der Waals surface area contributed by atoms with Gasteiger partial charge in [0, 0.05) is 37.6 Å². The van der Waals surface area contributed by atoms with Gasteiger partial charge in [-0.3, -0.25) is 9.59 Å². The van der Waals surface area contributed by atoms with Crippen molar-refractivity contribution in [1.82, 2.24) is 4.90 Å². The number of hydrogen-bond acceptors (Lipinski definition) is 4. The van der Waals surface area contributed by atoms with E-state index < -0.39 is 0 Å². The van der Waals surface area contributed by atoms with Gasteiger partial charge in [-0.25, -0.2) is 4.39 Å². The molecule has 1 N–H and O–H groups in total. The van der Waals surface area contributed by atoms with E-state index in [9.17, 15) is 14.0 Å². The van der Waals surface area contributed by atoms with Gasteiger partial charge in [-0.15, -0.1) is 11.8 Å². The van der Waals surface area contributed by atoms with E-state index in [0.29, 0.717) is 18.8 Å². The highest BCUT2D eigenvalue weighted by atomic mass is 32.2. The van der Waals surface area contributed by atoms with E-state index in [1.807, 2.05) is 35.2 Å². The van der Waals surface area contributed by atoms with Crippen LogP contribution in [-0.2, 0) is 9.59 Å². The van der Waals surface area contributed by atoms with Gasteiger partial charge in [0.05, 0.1) is 11.5 Å². The zero-order chi connectivity index (χ0) is 19.1. The molecular formula is C20H22FN3O2S. The van der Waals surface area contributed by atoms with Crippen molar-refractivity contribution in [2.75, 3.05) is 47.9 Å². The van der Waals surface area contributed by atoms with Gasteiger partial charge >= 0.3 is 0 Å². The Labute approximate surface area is 162 Å². The molecule has 1 aliphatic heterocycles. The lowest BCUT2D eigenvalue weighted by Crippen LogP contribution is -2.49. The minimum atomic E-state index is -0.249. The van der Waals surface area contributed by atoms with Crippen LogP contribution in [-0.4, -0.2) is 54.4 Å². The third kappa shape index (κ3) is 5.72. The Hall–Kier alpha value is -2.54. The van der Waals surface area contributed by atoms with Gasteiger partial charge < -0.3 is 15.1 Å². The minimum Gasteiger partial charge on any atom is -0.368 e. The number of halogens is 1. The largest absolute Gasteiger partial charge is 0.368 e. The fraction of sp³-hybridized carbons (Fsp3) is 0.300. The summed E-state index contributed by atoms with van der Waals surface area (Å²) in [6.45, 7) is 2.70. The number of rotatable bonds is 6. The standard InChI is InChI=1S/C20H22FN3O2S/c21-16-6-8-18(9-7-16)23-10-12-24(13-11-23)20(26)15-27-14-19(25)22-17-4-2-1-3-5-17/h1-9H,10-15H2,(H,22,25). The number of nitrogens with one attached hydrogen (secondary N) is 1. The molecule has 2 aromatic rings. The summed E-state index contributed by atoms with van der Waals surface area (Å²) in [6, 6.07) is 15.7. The predicted octanol–water partition coefficient (Wildman–Crippen LogP) is 2.85. The monoisotopic (exact) mass is 387 g/mol. The van der Waals surface area contributed by atoms with Crippen LogP contribution in [0.4, 0.5) is 15.8 Å². The maximum atomic E-state index is 13.0. The average molecular weight is 387 g/mol. The first-order valence-electron chi connectivity index (χ1n) is 8.83. The molecule has 1 fully saturated rings. The molecule has 0 unspecified atom stereocenters. The maximum absolute atomic E-state index is 13.0. The number of anilines is 2. The quantitative estimate of drug-likeness (QED) is 0.828. The molecule has 7 heteroatoms. The van der Waals surface area contributed by atoms with Crippen LogP contribution in [0.1, 0.15) is 0 Å². The van der Waals surface area contributed by atoms with E-state index in [1.165, 1.54) is 23.9 Å². The lowest BCUT2D eigenvalue weighted by molar-refractivity contribution is -0.128. The van der Waals surface area contributed by atoms with Gasteiger partial charge in [-0.2, -0.15) is 0 Å². The number of amides is 2. The fourth-order valence-corrected chi connectivity index (χ4v) is 3.62. The van der Waals surface area contributed by atoms with E-state index in [2.05, 4.69) is 10.2 Å². The molecule has 2 amide bonds. The summed E-state index contributed by atoms with van der Waals surface area (Å²) < 4.78 is 13.0. The van der Waals surface area contributed by atoms with E-state index in [-0.39, 0.29) is 23.4 Å². The van der Waals surface area contributed by atoms with Gasteiger partial charge in [-0.05, 0) is 36.4 Å². The molecule has 27 heavy (non-hydrogen) atoms. The number of carbonyl (C=O) groups is 2. The van der Waals surface area contributed by atoms with Gasteiger partial charge in [0.25, 0.3) is 0 Å². The fourth-order valence-electron chi connectivity index (χ4n) is 2.91. The van der Waals surface area contributed by atoms with Gasteiger partial charge in [0.1, 0.15) is 5.82 Å². The number of nitrogens with zero attached hydrogens (tertiary/aromatic N) is 2. The summed E-state index contributed by atoms with van der Waals surface area (Å²) in [6.07, 6.45) is 0. The third-order valence-electron chi connectivity index (χ3n) is 4.34. The van der Waals surface area contributed by atoms with Crippen LogP contribution in [0.3, 0.4) is 0 Å². The first-order chi connectivity index (χ1) is 13.1. The number of piperazine rings is 1. The molecule has 1 saturated heterocycles. The van der Waals surface area contributed by atoms with Crippen LogP contribution in [0.2, 0.25) is 0 Å². The molecule has 0 radical (unpaired) electrons. The SMILES string of the molecule is O=C(CSCC(=O)N1CCN(c2ccc(F)cc2)CC1)Nc1ccccc1. The molecule has 2 aromatic carbocycles. The molecule has 1 aliphatic rings. The van der Waals surface area contributed by atoms with Crippen molar-refractivity contribution in [2.24, 2.45) is 0 Å². The van der Waals surface area contributed by atoms with Crippen molar-refractivity contribution in [1.29, 1.82) is 0 Å². The lowest BCUT2D eigenvalue weighted by Gasteiger charge is -2.36. The van der Waals surface area contributed by atoms with Gasteiger partial charge in [-0.1, -0.05) is 18.2 Å². The van der Waals surface area contributed by atoms with Crippen LogP contribution in [0.15, 0.2) is 54.6 Å². The maximum Gasteiger partial charge on any atom is 0.234 e. The topological polar surface area (TPSA) is 52.7 Å². The molecule has 1 heterocycles. The zero-order valence-electron chi connectivity index (χ0n) is 14.9. The van der Waals surface area contributed by atoms with E-state index in [0.717, 1.165) is 24.5 Å². The number of thioether (sulfide) groups is 1. The lowest BCUT2D eigenvalue weighted by atomic mass is 10.2. The predicted molar refractivity (Wildman–Crippen MR) is 108 cm³/mol. The minimum absolute atomic E-state index is 0.0475. The van der Waals surface area contributed by atoms with Crippen molar-refractivity contribution < 1.29 is 14.0 Å². The van der Waals surface area contributed by atoms with E-state index >= 15 is 0 Å². The van der Waals surface area contributed by atoms with Crippen molar-refractivity contribution in [3.8, 4) is 0 Å². The van der Waals surface area contributed by atoms with E-state index in [1.54, 1.807) is 12.1 Å². The van der Waals surface area contributed by atoms with Crippen molar-refractivity contribution in [2.45, 2.75) is 0 Å². The Morgan fingerprint density at radius 3 is 2.26 bits per heavy atom. The Bertz CT molecular complexity index is 763. The second-order valence-electron chi connectivity index (χ2n) is 6.25. The summed E-state index contributed by atoms with van der Waals surface area (Å²) in [5, 5.41) is 2.81.